The van der Waals surface area contributed by atoms with Gasteiger partial charge in [0.2, 0.25) is 0 Å². The molecule has 4 heteroatoms. The van der Waals surface area contributed by atoms with Crippen molar-refractivity contribution in [3.63, 3.8) is 0 Å². The predicted octanol–water partition coefficient (Wildman–Crippen LogP) is 9.39. The molecule has 46 heavy (non-hydrogen) atoms. The topological polar surface area (TPSA) is 23.4 Å². The Balaban J connectivity index is 1.45. The second-order valence-electron chi connectivity index (χ2n) is 10.0. The van der Waals surface area contributed by atoms with E-state index >= 15 is 0 Å². The molecule has 214 valence electrons. The summed E-state index contributed by atoms with van der Waals surface area (Å²) >= 11 is 0. The number of para-hydroxylation sites is 3. The van der Waals surface area contributed by atoms with E-state index in [1.807, 2.05) is 0 Å². The van der Waals surface area contributed by atoms with Crippen LogP contribution in [0.1, 0.15) is 35.6 Å². The Hall–Kier alpha value is -6.00. The van der Waals surface area contributed by atoms with Crippen LogP contribution < -0.4 is 20.3 Å². The number of hydrogen-bond donors (Lipinski definition) is 0. The first kappa shape index (κ1) is 10.8. The molecule has 3 heterocycles. The lowest BCUT2D eigenvalue weighted by atomic mass is 9.51. The number of hydrogen-bond acceptors (Lipinski definition) is 2. The Kier molecular flexibility index (Phi) is 2.29. The summed E-state index contributed by atoms with van der Waals surface area (Å²) < 4.78 is 245. The molecule has 2 aliphatic heterocycles. The van der Waals surface area contributed by atoms with Crippen molar-refractivity contribution in [3.8, 4) is 56.3 Å². The zero-order valence-corrected chi connectivity index (χ0v) is 22.8. The number of aromatic nitrogens is 1. The van der Waals surface area contributed by atoms with Gasteiger partial charge in [0.25, 0.3) is 0 Å². The molecule has 7 aromatic carbocycles. The summed E-state index contributed by atoms with van der Waals surface area (Å²) in [5, 5.41) is -0.936. The fraction of sp³-hybridized carbons (Fsp3) is 0. The van der Waals surface area contributed by atoms with Crippen LogP contribution in [0.2, 0.25) is 0 Å². The van der Waals surface area contributed by atoms with Crippen LogP contribution in [0, 0.1) is 0 Å². The van der Waals surface area contributed by atoms with Gasteiger partial charge in [-0.1, -0.05) is 115 Å². The van der Waals surface area contributed by atoms with Crippen molar-refractivity contribution in [3.05, 3.63) is 157 Å². The van der Waals surface area contributed by atoms with E-state index in [1.165, 1.54) is 0 Å². The summed E-state index contributed by atoms with van der Waals surface area (Å²) in [5.74, 6) is -2.05. The van der Waals surface area contributed by atoms with Gasteiger partial charge in [0, 0.05) is 33.3 Å². The van der Waals surface area contributed by atoms with E-state index in [0.29, 0.717) is 0 Å². The molecule has 0 aliphatic carbocycles. The van der Waals surface area contributed by atoms with Gasteiger partial charge >= 0.3 is 6.92 Å². The maximum Gasteiger partial charge on any atom is 0.434 e. The summed E-state index contributed by atoms with van der Waals surface area (Å²) in [6.07, 6.45) is 0. The highest BCUT2D eigenvalue weighted by Gasteiger charge is 2.41. The molecule has 3 nitrogen and oxygen atoms in total. The number of rotatable bonds is 3. The predicted molar refractivity (Wildman–Crippen MR) is 189 cm³/mol. The zero-order chi connectivity index (χ0) is 52.8. The van der Waals surface area contributed by atoms with Gasteiger partial charge in [-0.3, -0.25) is 0 Å². The molecule has 10 rings (SSSR count). The monoisotopic (exact) mass is 613 g/mol. The Labute approximate surface area is 303 Å². The maximum absolute atomic E-state index is 10.1. The first-order valence-corrected chi connectivity index (χ1v) is 13.6. The first-order valence-electron chi connectivity index (χ1n) is 26.6. The normalized spacial score (nSPS) is 20.6. The van der Waals surface area contributed by atoms with Crippen molar-refractivity contribution in [2.24, 2.45) is 0 Å². The fourth-order valence-electron chi connectivity index (χ4n) is 5.69. The summed E-state index contributed by atoms with van der Waals surface area (Å²) in [7, 11) is 0. The van der Waals surface area contributed by atoms with Crippen molar-refractivity contribution < 1.29 is 45.0 Å². The van der Waals surface area contributed by atoms with E-state index in [4.69, 9.17) is 36.8 Å². The van der Waals surface area contributed by atoms with Crippen molar-refractivity contribution in [1.29, 1.82) is 0 Å². The zero-order valence-electron chi connectivity index (χ0n) is 48.8. The van der Waals surface area contributed by atoms with Gasteiger partial charge < -0.3 is 14.0 Å². The summed E-state index contributed by atoms with van der Waals surface area (Å²) in [5.41, 5.74) is -7.21. The van der Waals surface area contributed by atoms with Gasteiger partial charge in [-0.25, -0.2) is 0 Å². The quantitative estimate of drug-likeness (QED) is 0.185. The number of benzene rings is 7. The Morgan fingerprint density at radius 2 is 1.13 bits per heavy atom. The molecular weight excluding hydrogens is 561 g/mol. The van der Waals surface area contributed by atoms with E-state index in [9.17, 15) is 8.22 Å². The molecule has 0 unspecified atom stereocenters. The SMILES string of the molecule is [2H]c1c([2H])c([2H])c(-c2c([2H])c([2H])c([2H])c([2H])c2-c2c([2H])c([2H])c3c(c2[2H])-c2c([2H])c(-n4c5c([2H])c([2H])c([2H])c([2H])c5c5c([2H])c([2H])c([2H])c([2H])c54)c([2H])c4c2B(O3)c2c([2H])c([2H])c([2H])c([2H])c2O4)c([2H])c1[2H]. The second kappa shape index (κ2) is 9.75. The third-order valence-corrected chi connectivity index (χ3v) is 7.61. The molecule has 0 spiro atoms. The molecule has 0 bridgehead atoms. The number of ether oxygens (including phenoxy) is 1. The highest BCUT2D eigenvalue weighted by molar-refractivity contribution is 6.84. The number of fused-ring (bicyclic) bond motifs is 7. The molecule has 0 saturated heterocycles. The molecule has 1 aromatic heterocycles. The van der Waals surface area contributed by atoms with E-state index < -0.39 is 253 Å². The largest absolute Gasteiger partial charge is 0.551 e. The lowest BCUT2D eigenvalue weighted by Gasteiger charge is -2.33. The first-order chi connectivity index (χ1) is 33.6. The molecule has 0 atom stereocenters. The van der Waals surface area contributed by atoms with Crippen LogP contribution in [0.5, 0.6) is 17.2 Å². The Morgan fingerprint density at radius 1 is 0.478 bits per heavy atom. The van der Waals surface area contributed by atoms with Gasteiger partial charge in [-0.05, 0) is 64.1 Å². The van der Waals surface area contributed by atoms with Gasteiger partial charge in [0.05, 0.1) is 52.4 Å². The Morgan fingerprint density at radius 3 is 1.91 bits per heavy atom. The van der Waals surface area contributed by atoms with Crippen molar-refractivity contribution in [2.75, 3.05) is 0 Å². The molecule has 0 N–H and O–H groups in total. The molecule has 0 saturated carbocycles. The summed E-state index contributed by atoms with van der Waals surface area (Å²) in [6.45, 7) is -1.85. The van der Waals surface area contributed by atoms with Crippen molar-refractivity contribution >= 4 is 39.6 Å². The van der Waals surface area contributed by atoms with Crippen LogP contribution in [0.25, 0.3) is 60.9 Å². The lowest BCUT2D eigenvalue weighted by molar-refractivity contribution is 0.479. The van der Waals surface area contributed by atoms with Gasteiger partial charge in [0.15, 0.2) is 0 Å². The van der Waals surface area contributed by atoms with E-state index in [0.717, 1.165) is 4.57 Å². The highest BCUT2D eigenvalue weighted by Crippen LogP contribution is 2.44. The Bertz CT molecular complexity index is 3860. The molecular formula is C42H26BNO2. The van der Waals surface area contributed by atoms with Crippen LogP contribution in [0.4, 0.5) is 0 Å². The molecule has 0 fully saturated rings. The van der Waals surface area contributed by atoms with Crippen molar-refractivity contribution in [1.82, 2.24) is 4.57 Å². The van der Waals surface area contributed by atoms with Gasteiger partial charge in [0.1, 0.15) is 17.2 Å². The maximum atomic E-state index is 10.1. The molecule has 8 aromatic rings. The molecule has 2 aliphatic rings. The van der Waals surface area contributed by atoms with E-state index in [2.05, 4.69) is 0 Å². The van der Waals surface area contributed by atoms with Crippen LogP contribution in [-0.4, -0.2) is 11.5 Å². The van der Waals surface area contributed by atoms with Crippen LogP contribution in [0.15, 0.2) is 157 Å². The van der Waals surface area contributed by atoms with E-state index in [1.54, 1.807) is 0 Å². The molecule has 0 amide bonds. The van der Waals surface area contributed by atoms with Crippen LogP contribution in [-0.2, 0) is 0 Å². The average molecular weight is 614 g/mol. The minimum atomic E-state index is -1.85. The lowest BCUT2D eigenvalue weighted by Crippen LogP contribution is -2.53. The van der Waals surface area contributed by atoms with Gasteiger partial charge in [-0.2, -0.15) is 0 Å². The molecule has 0 radical (unpaired) electrons. The van der Waals surface area contributed by atoms with E-state index in [-0.39, 0.29) is 0 Å². The smallest absolute Gasteiger partial charge is 0.434 e. The van der Waals surface area contributed by atoms with Gasteiger partial charge in [-0.15, -0.1) is 0 Å². The summed E-state index contributed by atoms with van der Waals surface area (Å²) in [6, 6.07) is -23.1. The number of nitrogens with zero attached hydrogens (tertiary/aromatic N) is 1. The van der Waals surface area contributed by atoms with Crippen molar-refractivity contribution in [2.45, 2.75) is 0 Å². The minimum Gasteiger partial charge on any atom is -0.551 e. The fourth-order valence-corrected chi connectivity index (χ4v) is 5.69. The van der Waals surface area contributed by atoms with Crippen LogP contribution in [0.3, 0.4) is 0 Å². The standard InChI is InChI=1S/C42H26BNO2/c1-2-12-27(13-3-1)30-14-4-5-15-31(30)28-22-23-39-34(24-28)35-25-29(26-41-42(35)43(46-39)36-18-8-11-21-40(36)45-41)44-37-19-9-6-16-32(37)33-17-7-10-20-38(33)44/h1-26H/i1D,2D,3D,4D,5D,6D,7D,8D,9D,10D,11D,12D,13D,14D,15D,16D,17D,18D,19D,20D,21D,22D,23D,24D,25D,26D. The average Bonchev–Trinajstić information content (AvgIpc) is 3.71. The summed E-state index contributed by atoms with van der Waals surface area (Å²) in [4.78, 5) is 0. The second-order valence-corrected chi connectivity index (χ2v) is 10.0. The third kappa shape index (κ3) is 3.67. The highest BCUT2D eigenvalue weighted by atomic mass is 16.5. The van der Waals surface area contributed by atoms with Crippen LogP contribution >= 0.6 is 0 Å². The third-order valence-electron chi connectivity index (χ3n) is 7.61. The minimum absolute atomic E-state index is 0.416.